The minimum atomic E-state index is 0.941. The summed E-state index contributed by atoms with van der Waals surface area (Å²) >= 11 is 2.11. The first kappa shape index (κ1) is 12.3. The molecule has 0 aromatic carbocycles. The Bertz CT molecular complexity index is 127. The van der Waals surface area contributed by atoms with Gasteiger partial charge in [-0.25, -0.2) is 0 Å². The van der Waals surface area contributed by atoms with Gasteiger partial charge < -0.3 is 10.2 Å². The maximum absolute atomic E-state index is 3.57. The summed E-state index contributed by atoms with van der Waals surface area (Å²) in [5.41, 5.74) is 0. The van der Waals surface area contributed by atoms with Gasteiger partial charge in [0, 0.05) is 13.1 Å². The zero-order valence-corrected chi connectivity index (χ0v) is 10.4. The minimum Gasteiger partial charge on any atom is -0.315 e. The molecule has 14 heavy (non-hydrogen) atoms. The molecule has 0 spiro atoms. The zero-order chi connectivity index (χ0) is 10.2. The molecule has 3 heteroatoms. The van der Waals surface area contributed by atoms with Gasteiger partial charge in [-0.2, -0.15) is 11.8 Å². The van der Waals surface area contributed by atoms with Gasteiger partial charge in [0.1, 0.15) is 0 Å². The summed E-state index contributed by atoms with van der Waals surface area (Å²) in [5.74, 6) is 3.69. The van der Waals surface area contributed by atoms with Crippen LogP contribution in [-0.2, 0) is 0 Å². The smallest absolute Gasteiger partial charge is 0.0107 e. The summed E-state index contributed by atoms with van der Waals surface area (Å²) in [6.45, 7) is 10.4. The van der Waals surface area contributed by atoms with Gasteiger partial charge in [-0.1, -0.05) is 13.8 Å². The van der Waals surface area contributed by atoms with Crippen LogP contribution in [0.1, 0.15) is 20.3 Å². The van der Waals surface area contributed by atoms with Crippen LogP contribution in [0.5, 0.6) is 0 Å². The molecule has 0 aliphatic carbocycles. The molecule has 1 fully saturated rings. The Kier molecular flexibility index (Phi) is 6.65. The van der Waals surface area contributed by atoms with Gasteiger partial charge in [-0.05, 0) is 43.5 Å². The molecule has 2 nitrogen and oxygen atoms in total. The first-order valence-electron chi connectivity index (χ1n) is 5.87. The van der Waals surface area contributed by atoms with Crippen LogP contribution in [0, 0.1) is 5.92 Å². The molecular formula is C11H24N2S. The number of nitrogens with zero attached hydrogens (tertiary/aromatic N) is 1. The predicted octanol–water partition coefficient (Wildman–Crippen LogP) is 1.67. The van der Waals surface area contributed by atoms with Crippen molar-refractivity contribution in [3.63, 3.8) is 0 Å². The van der Waals surface area contributed by atoms with E-state index in [0.29, 0.717) is 0 Å². The molecule has 0 saturated carbocycles. The molecule has 1 aliphatic heterocycles. The number of hydrogen-bond donors (Lipinski definition) is 1. The molecule has 1 unspecified atom stereocenters. The lowest BCUT2D eigenvalue weighted by atomic mass is 10.1. The highest BCUT2D eigenvalue weighted by molar-refractivity contribution is 7.99. The molecule has 0 aromatic rings. The number of hydrogen-bond acceptors (Lipinski definition) is 3. The summed E-state index contributed by atoms with van der Waals surface area (Å²) in [6.07, 6.45) is 1.42. The number of rotatable bonds is 7. The van der Waals surface area contributed by atoms with E-state index in [4.69, 9.17) is 0 Å². The highest BCUT2D eigenvalue weighted by Gasteiger charge is 2.14. The predicted molar refractivity (Wildman–Crippen MR) is 66.1 cm³/mol. The fourth-order valence-corrected chi connectivity index (χ4v) is 3.11. The molecule has 1 rings (SSSR count). The molecule has 84 valence electrons. The molecule has 1 heterocycles. The summed E-state index contributed by atoms with van der Waals surface area (Å²) in [6, 6.07) is 0. The standard InChI is InChI=1S/C11H24N2S/c1-3-13(4-2)7-6-12-9-11-5-8-14-10-11/h11-12H,3-10H2,1-2H3. The molecule has 0 aromatic heterocycles. The van der Waals surface area contributed by atoms with Gasteiger partial charge in [-0.15, -0.1) is 0 Å². The Labute approximate surface area is 92.8 Å². The van der Waals surface area contributed by atoms with Gasteiger partial charge in [0.05, 0.1) is 0 Å². The maximum Gasteiger partial charge on any atom is 0.0107 e. The number of likely N-dealkylation sites (N-methyl/N-ethyl adjacent to an activating group) is 1. The van der Waals surface area contributed by atoms with E-state index in [1.165, 1.54) is 44.1 Å². The van der Waals surface area contributed by atoms with Gasteiger partial charge in [-0.3, -0.25) is 0 Å². The second-order valence-electron chi connectivity index (χ2n) is 3.96. The van der Waals surface area contributed by atoms with Crippen molar-refractivity contribution in [2.45, 2.75) is 20.3 Å². The van der Waals surface area contributed by atoms with E-state index >= 15 is 0 Å². The van der Waals surface area contributed by atoms with Crippen LogP contribution in [0.2, 0.25) is 0 Å². The monoisotopic (exact) mass is 216 g/mol. The van der Waals surface area contributed by atoms with Gasteiger partial charge >= 0.3 is 0 Å². The van der Waals surface area contributed by atoms with Crippen molar-refractivity contribution >= 4 is 11.8 Å². The summed E-state index contributed by atoms with van der Waals surface area (Å²) in [7, 11) is 0. The third kappa shape index (κ3) is 4.67. The van der Waals surface area contributed by atoms with Crippen LogP contribution < -0.4 is 5.32 Å². The van der Waals surface area contributed by atoms with Crippen LogP contribution >= 0.6 is 11.8 Å². The molecule has 1 aliphatic rings. The van der Waals surface area contributed by atoms with Gasteiger partial charge in [0.25, 0.3) is 0 Å². The molecule has 1 atom stereocenters. The topological polar surface area (TPSA) is 15.3 Å². The SMILES string of the molecule is CCN(CC)CCNCC1CCSC1. The zero-order valence-electron chi connectivity index (χ0n) is 9.59. The highest BCUT2D eigenvalue weighted by atomic mass is 32.2. The average molecular weight is 216 g/mol. The molecule has 0 radical (unpaired) electrons. The minimum absolute atomic E-state index is 0.941. The van der Waals surface area contributed by atoms with Gasteiger partial charge in [0.15, 0.2) is 0 Å². The molecule has 0 amide bonds. The lowest BCUT2D eigenvalue weighted by Crippen LogP contribution is -2.34. The van der Waals surface area contributed by atoms with E-state index < -0.39 is 0 Å². The molecule has 0 bridgehead atoms. The van der Waals surface area contributed by atoms with Crippen molar-refractivity contribution in [2.75, 3.05) is 44.2 Å². The quantitative estimate of drug-likeness (QED) is 0.652. The lowest BCUT2D eigenvalue weighted by Gasteiger charge is -2.18. The van der Waals surface area contributed by atoms with Crippen LogP contribution in [0.3, 0.4) is 0 Å². The van der Waals surface area contributed by atoms with Crippen LogP contribution in [0.15, 0.2) is 0 Å². The Morgan fingerprint density at radius 1 is 1.36 bits per heavy atom. The third-order valence-corrected chi connectivity index (χ3v) is 4.19. The van der Waals surface area contributed by atoms with Crippen LogP contribution in [-0.4, -0.2) is 49.1 Å². The summed E-state index contributed by atoms with van der Waals surface area (Å²) in [5, 5.41) is 3.57. The third-order valence-electron chi connectivity index (χ3n) is 2.96. The van der Waals surface area contributed by atoms with Crippen molar-refractivity contribution in [3.05, 3.63) is 0 Å². The summed E-state index contributed by atoms with van der Waals surface area (Å²) < 4.78 is 0. The van der Waals surface area contributed by atoms with E-state index in [0.717, 1.165) is 12.5 Å². The summed E-state index contributed by atoms with van der Waals surface area (Å²) in [4.78, 5) is 2.47. The lowest BCUT2D eigenvalue weighted by molar-refractivity contribution is 0.300. The van der Waals surface area contributed by atoms with Crippen molar-refractivity contribution in [1.29, 1.82) is 0 Å². The van der Waals surface area contributed by atoms with E-state index in [1.54, 1.807) is 0 Å². The van der Waals surface area contributed by atoms with Crippen molar-refractivity contribution in [1.82, 2.24) is 10.2 Å². The Balaban J connectivity index is 1.92. The fourth-order valence-electron chi connectivity index (χ4n) is 1.83. The van der Waals surface area contributed by atoms with Crippen molar-refractivity contribution < 1.29 is 0 Å². The van der Waals surface area contributed by atoms with Crippen LogP contribution in [0.25, 0.3) is 0 Å². The normalized spacial score (nSPS) is 22.1. The Morgan fingerprint density at radius 2 is 2.14 bits per heavy atom. The van der Waals surface area contributed by atoms with E-state index in [-0.39, 0.29) is 0 Å². The largest absolute Gasteiger partial charge is 0.315 e. The average Bonchev–Trinajstić information content (AvgIpc) is 2.71. The number of thioether (sulfide) groups is 1. The first-order valence-corrected chi connectivity index (χ1v) is 7.03. The fraction of sp³-hybridized carbons (Fsp3) is 1.00. The Morgan fingerprint density at radius 3 is 2.71 bits per heavy atom. The molecule has 1 saturated heterocycles. The Hall–Kier alpha value is 0.270. The second-order valence-corrected chi connectivity index (χ2v) is 5.11. The highest BCUT2D eigenvalue weighted by Crippen LogP contribution is 2.22. The number of nitrogens with one attached hydrogen (secondary N) is 1. The molecular weight excluding hydrogens is 192 g/mol. The van der Waals surface area contributed by atoms with E-state index in [9.17, 15) is 0 Å². The maximum atomic E-state index is 3.57. The first-order chi connectivity index (χ1) is 6.86. The second kappa shape index (κ2) is 7.55. The molecule has 1 N–H and O–H groups in total. The van der Waals surface area contributed by atoms with Gasteiger partial charge in [0.2, 0.25) is 0 Å². The van der Waals surface area contributed by atoms with Crippen molar-refractivity contribution in [3.8, 4) is 0 Å². The van der Waals surface area contributed by atoms with E-state index in [2.05, 4.69) is 35.8 Å². The van der Waals surface area contributed by atoms with Crippen LogP contribution in [0.4, 0.5) is 0 Å². The van der Waals surface area contributed by atoms with Crippen molar-refractivity contribution in [2.24, 2.45) is 5.92 Å². The van der Waals surface area contributed by atoms with E-state index in [1.807, 2.05) is 0 Å².